The van der Waals surface area contributed by atoms with Crippen molar-refractivity contribution >= 4 is 17.5 Å². The van der Waals surface area contributed by atoms with Crippen LogP contribution in [0.2, 0.25) is 0 Å². The standard InChI is InChI=1S/C23H26N6O/c1-15-7-6-8-17(13-15)18-14-21(30)24-23-22(18)16(2)27-29(23)20-10-9-19(25-26-20)28-11-4-3-5-12-28/h6-10,13,18H,3-5,11-12,14H2,1-2H3,(H,24,30). The third-order valence-corrected chi connectivity index (χ3v) is 6.08. The Bertz CT molecular complexity index is 1080. The Kier molecular flexibility index (Phi) is 4.73. The highest BCUT2D eigenvalue weighted by atomic mass is 16.1. The predicted octanol–water partition coefficient (Wildman–Crippen LogP) is 3.74. The molecule has 2 aromatic heterocycles. The van der Waals surface area contributed by atoms with Crippen LogP contribution in [0.15, 0.2) is 36.4 Å². The lowest BCUT2D eigenvalue weighted by Gasteiger charge is -2.27. The molecule has 1 unspecified atom stereocenters. The van der Waals surface area contributed by atoms with E-state index < -0.39 is 0 Å². The van der Waals surface area contributed by atoms with Crippen molar-refractivity contribution in [3.63, 3.8) is 0 Å². The Morgan fingerprint density at radius 1 is 1.00 bits per heavy atom. The Hall–Kier alpha value is -3.22. The summed E-state index contributed by atoms with van der Waals surface area (Å²) in [6.45, 7) is 6.12. The van der Waals surface area contributed by atoms with Crippen LogP contribution < -0.4 is 10.2 Å². The molecular formula is C23H26N6O. The van der Waals surface area contributed by atoms with Crippen LogP contribution in [0.4, 0.5) is 11.6 Å². The first-order valence-electron chi connectivity index (χ1n) is 10.6. The first-order valence-corrected chi connectivity index (χ1v) is 10.6. The molecule has 1 atom stereocenters. The number of hydrogen-bond donors (Lipinski definition) is 1. The molecule has 0 radical (unpaired) electrons. The monoisotopic (exact) mass is 402 g/mol. The number of aryl methyl sites for hydroxylation is 2. The maximum absolute atomic E-state index is 12.6. The average Bonchev–Trinajstić information content (AvgIpc) is 3.10. The number of nitrogens with one attached hydrogen (secondary N) is 1. The summed E-state index contributed by atoms with van der Waals surface area (Å²) in [6.07, 6.45) is 4.09. The van der Waals surface area contributed by atoms with Gasteiger partial charge < -0.3 is 10.2 Å². The van der Waals surface area contributed by atoms with E-state index in [2.05, 4.69) is 45.5 Å². The summed E-state index contributed by atoms with van der Waals surface area (Å²) in [4.78, 5) is 14.8. The van der Waals surface area contributed by atoms with Crippen LogP contribution in [-0.4, -0.2) is 39.0 Å². The third-order valence-electron chi connectivity index (χ3n) is 6.08. The second kappa shape index (κ2) is 7.55. The molecular weight excluding hydrogens is 376 g/mol. The van der Waals surface area contributed by atoms with Gasteiger partial charge in [-0.05, 0) is 50.8 Å². The fourth-order valence-electron chi connectivity index (χ4n) is 4.61. The van der Waals surface area contributed by atoms with Crippen LogP contribution >= 0.6 is 0 Å². The van der Waals surface area contributed by atoms with E-state index >= 15 is 0 Å². The van der Waals surface area contributed by atoms with Gasteiger partial charge in [0.1, 0.15) is 5.82 Å². The number of fused-ring (bicyclic) bond motifs is 1. The Morgan fingerprint density at radius 3 is 2.50 bits per heavy atom. The largest absolute Gasteiger partial charge is 0.355 e. The van der Waals surface area contributed by atoms with Crippen LogP contribution in [0, 0.1) is 13.8 Å². The number of carbonyl (C=O) groups is 1. The highest BCUT2D eigenvalue weighted by Crippen LogP contribution is 2.40. The number of hydrogen-bond acceptors (Lipinski definition) is 5. The van der Waals surface area contributed by atoms with Gasteiger partial charge in [-0.1, -0.05) is 29.8 Å². The molecule has 30 heavy (non-hydrogen) atoms. The summed E-state index contributed by atoms with van der Waals surface area (Å²) in [6, 6.07) is 12.3. The fourth-order valence-corrected chi connectivity index (χ4v) is 4.61. The fraction of sp³-hybridized carbons (Fsp3) is 0.391. The van der Waals surface area contributed by atoms with E-state index in [4.69, 9.17) is 5.10 Å². The minimum Gasteiger partial charge on any atom is -0.355 e. The number of benzene rings is 1. The molecule has 1 amide bonds. The molecule has 1 aromatic carbocycles. The molecule has 1 N–H and O–H groups in total. The Labute approximate surface area is 176 Å². The van der Waals surface area contributed by atoms with Crippen LogP contribution in [-0.2, 0) is 4.79 Å². The number of nitrogens with zero attached hydrogens (tertiary/aromatic N) is 5. The molecule has 0 spiro atoms. The van der Waals surface area contributed by atoms with E-state index in [-0.39, 0.29) is 11.8 Å². The molecule has 154 valence electrons. The van der Waals surface area contributed by atoms with Gasteiger partial charge in [0, 0.05) is 31.0 Å². The lowest BCUT2D eigenvalue weighted by atomic mass is 9.85. The molecule has 0 bridgehead atoms. The van der Waals surface area contributed by atoms with E-state index in [9.17, 15) is 4.79 Å². The topological polar surface area (TPSA) is 75.9 Å². The molecule has 7 heteroatoms. The SMILES string of the molecule is Cc1cccc(C2CC(=O)Nc3c2c(C)nn3-c2ccc(N3CCCCC3)nn2)c1. The number of carbonyl (C=O) groups excluding carboxylic acids is 1. The average molecular weight is 403 g/mol. The predicted molar refractivity (Wildman–Crippen MR) is 116 cm³/mol. The molecule has 5 rings (SSSR count). The van der Waals surface area contributed by atoms with E-state index in [0.717, 1.165) is 35.7 Å². The summed E-state index contributed by atoms with van der Waals surface area (Å²) >= 11 is 0. The van der Waals surface area contributed by atoms with Gasteiger partial charge in [0.15, 0.2) is 11.6 Å². The zero-order valence-electron chi connectivity index (χ0n) is 17.4. The van der Waals surface area contributed by atoms with E-state index in [0.29, 0.717) is 18.1 Å². The van der Waals surface area contributed by atoms with Gasteiger partial charge >= 0.3 is 0 Å². The van der Waals surface area contributed by atoms with Crippen molar-refractivity contribution in [1.82, 2.24) is 20.0 Å². The van der Waals surface area contributed by atoms with Crippen molar-refractivity contribution in [2.45, 2.75) is 45.4 Å². The molecule has 7 nitrogen and oxygen atoms in total. The van der Waals surface area contributed by atoms with E-state index in [1.54, 1.807) is 4.68 Å². The number of rotatable bonds is 3. The smallest absolute Gasteiger partial charge is 0.226 e. The zero-order chi connectivity index (χ0) is 20.7. The second-order valence-corrected chi connectivity index (χ2v) is 8.28. The van der Waals surface area contributed by atoms with Crippen LogP contribution in [0.25, 0.3) is 5.82 Å². The zero-order valence-corrected chi connectivity index (χ0v) is 17.4. The van der Waals surface area contributed by atoms with Gasteiger partial charge in [-0.3, -0.25) is 4.79 Å². The first-order chi connectivity index (χ1) is 14.6. The van der Waals surface area contributed by atoms with Crippen LogP contribution in [0.5, 0.6) is 0 Å². The van der Waals surface area contributed by atoms with Gasteiger partial charge in [0.2, 0.25) is 5.91 Å². The third kappa shape index (κ3) is 3.34. The summed E-state index contributed by atoms with van der Waals surface area (Å²) < 4.78 is 1.72. The van der Waals surface area contributed by atoms with Crippen molar-refractivity contribution < 1.29 is 4.79 Å². The number of amides is 1. The molecule has 0 aliphatic carbocycles. The Balaban J connectivity index is 1.52. The van der Waals surface area contributed by atoms with Crippen molar-refractivity contribution in [1.29, 1.82) is 0 Å². The van der Waals surface area contributed by atoms with Gasteiger partial charge in [0.05, 0.1) is 5.69 Å². The minimum atomic E-state index is -0.0111. The number of aromatic nitrogens is 4. The van der Waals surface area contributed by atoms with Gasteiger partial charge in [-0.25, -0.2) is 0 Å². The number of piperidine rings is 1. The maximum Gasteiger partial charge on any atom is 0.226 e. The second-order valence-electron chi connectivity index (χ2n) is 8.28. The molecule has 3 aromatic rings. The summed E-state index contributed by atoms with van der Waals surface area (Å²) in [5.41, 5.74) is 4.28. The van der Waals surface area contributed by atoms with Crippen LogP contribution in [0.1, 0.15) is 54.0 Å². The first kappa shape index (κ1) is 18.8. The lowest BCUT2D eigenvalue weighted by Crippen LogP contribution is -2.30. The van der Waals surface area contributed by atoms with Crippen molar-refractivity contribution in [3.05, 3.63) is 58.8 Å². The summed E-state index contributed by atoms with van der Waals surface area (Å²) in [5, 5.41) is 16.6. The summed E-state index contributed by atoms with van der Waals surface area (Å²) in [7, 11) is 0. The van der Waals surface area contributed by atoms with Crippen LogP contribution in [0.3, 0.4) is 0 Å². The van der Waals surface area contributed by atoms with Gasteiger partial charge in [-0.15, -0.1) is 10.2 Å². The van der Waals surface area contributed by atoms with Crippen molar-refractivity contribution in [2.75, 3.05) is 23.3 Å². The molecule has 4 heterocycles. The lowest BCUT2D eigenvalue weighted by molar-refractivity contribution is -0.116. The quantitative estimate of drug-likeness (QED) is 0.722. The van der Waals surface area contributed by atoms with Gasteiger partial charge in [0.25, 0.3) is 0 Å². The highest BCUT2D eigenvalue weighted by molar-refractivity contribution is 5.95. The normalized spacial score (nSPS) is 18.8. The van der Waals surface area contributed by atoms with Crippen molar-refractivity contribution in [2.24, 2.45) is 0 Å². The molecule has 1 saturated heterocycles. The van der Waals surface area contributed by atoms with Crippen molar-refractivity contribution in [3.8, 4) is 5.82 Å². The van der Waals surface area contributed by atoms with Gasteiger partial charge in [-0.2, -0.15) is 9.78 Å². The Morgan fingerprint density at radius 2 is 1.77 bits per heavy atom. The highest BCUT2D eigenvalue weighted by Gasteiger charge is 2.33. The molecule has 2 aliphatic rings. The molecule has 0 saturated carbocycles. The molecule has 2 aliphatic heterocycles. The van der Waals surface area contributed by atoms with E-state index in [1.165, 1.54) is 24.8 Å². The van der Waals surface area contributed by atoms with E-state index in [1.807, 2.05) is 25.1 Å². The number of anilines is 2. The maximum atomic E-state index is 12.6. The summed E-state index contributed by atoms with van der Waals surface area (Å²) in [5.74, 6) is 2.20. The molecule has 1 fully saturated rings. The minimum absolute atomic E-state index is 0.00643.